The first-order chi connectivity index (χ1) is 7.77. The summed E-state index contributed by atoms with van der Waals surface area (Å²) >= 11 is 0. The van der Waals surface area contributed by atoms with Gasteiger partial charge in [0.2, 0.25) is 0 Å². The molecule has 94 valence electrons. The molecule has 0 amide bonds. The van der Waals surface area contributed by atoms with E-state index in [4.69, 9.17) is 0 Å². The van der Waals surface area contributed by atoms with E-state index in [9.17, 15) is 5.11 Å². The summed E-state index contributed by atoms with van der Waals surface area (Å²) in [5.41, 5.74) is 0.0419. The molecule has 0 radical (unpaired) electrons. The first-order valence-corrected chi connectivity index (χ1v) is 7.15. The summed E-state index contributed by atoms with van der Waals surface area (Å²) in [6.07, 6.45) is 11.8. The Labute approximate surface area is 99.8 Å². The van der Waals surface area contributed by atoms with E-state index in [0.29, 0.717) is 18.6 Å². The van der Waals surface area contributed by atoms with Gasteiger partial charge in [-0.25, -0.2) is 0 Å². The van der Waals surface area contributed by atoms with E-state index in [2.05, 4.69) is 12.2 Å². The summed E-state index contributed by atoms with van der Waals surface area (Å²) in [4.78, 5) is 0. The Balaban J connectivity index is 1.96. The molecule has 2 atom stereocenters. The molecule has 2 aliphatic rings. The highest BCUT2D eigenvalue weighted by Gasteiger charge is 2.38. The quantitative estimate of drug-likeness (QED) is 0.774. The lowest BCUT2D eigenvalue weighted by Crippen LogP contribution is -2.58. The highest BCUT2D eigenvalue weighted by Crippen LogP contribution is 2.35. The number of hydrogen-bond donors (Lipinski definition) is 2. The number of rotatable bonds is 3. The molecule has 0 saturated heterocycles. The maximum absolute atomic E-state index is 9.78. The smallest absolute Gasteiger partial charge is 0.0616 e. The summed E-state index contributed by atoms with van der Waals surface area (Å²) in [6.45, 7) is 2.63. The van der Waals surface area contributed by atoms with Crippen molar-refractivity contribution in [2.24, 2.45) is 5.92 Å². The predicted octanol–water partition coefficient (Wildman–Crippen LogP) is 2.85. The van der Waals surface area contributed by atoms with Crippen LogP contribution in [0.2, 0.25) is 0 Å². The number of aliphatic hydroxyl groups excluding tert-OH is 1. The van der Waals surface area contributed by atoms with Crippen LogP contribution in [-0.4, -0.2) is 23.3 Å². The Morgan fingerprint density at radius 3 is 2.38 bits per heavy atom. The number of nitrogens with one attached hydrogen (secondary N) is 1. The molecule has 0 aliphatic heterocycles. The monoisotopic (exact) mass is 225 g/mol. The molecule has 16 heavy (non-hydrogen) atoms. The predicted molar refractivity (Wildman–Crippen MR) is 67.5 cm³/mol. The molecule has 0 aromatic heterocycles. The average Bonchev–Trinajstić information content (AvgIpc) is 2.34. The van der Waals surface area contributed by atoms with Crippen LogP contribution in [-0.2, 0) is 0 Å². The van der Waals surface area contributed by atoms with Gasteiger partial charge >= 0.3 is 0 Å². The van der Waals surface area contributed by atoms with Crippen molar-refractivity contribution in [1.82, 2.24) is 5.32 Å². The minimum atomic E-state index is 0.0419. The zero-order valence-electron chi connectivity index (χ0n) is 10.7. The fourth-order valence-electron chi connectivity index (χ4n) is 3.56. The lowest BCUT2D eigenvalue weighted by atomic mass is 9.73. The van der Waals surface area contributed by atoms with Gasteiger partial charge in [0, 0.05) is 11.6 Å². The third-order valence-corrected chi connectivity index (χ3v) is 4.83. The van der Waals surface area contributed by atoms with Crippen LogP contribution < -0.4 is 5.32 Å². The van der Waals surface area contributed by atoms with Crippen LogP contribution in [0.5, 0.6) is 0 Å². The molecule has 0 heterocycles. The Hall–Kier alpha value is -0.0800. The second kappa shape index (κ2) is 5.50. The maximum Gasteiger partial charge on any atom is 0.0616 e. The fraction of sp³-hybridized carbons (Fsp3) is 1.00. The van der Waals surface area contributed by atoms with Crippen LogP contribution in [0.15, 0.2) is 0 Å². The van der Waals surface area contributed by atoms with Gasteiger partial charge in [0.25, 0.3) is 0 Å². The van der Waals surface area contributed by atoms with E-state index in [1.165, 1.54) is 57.8 Å². The van der Waals surface area contributed by atoms with Crippen molar-refractivity contribution in [3.63, 3.8) is 0 Å². The van der Waals surface area contributed by atoms with Crippen LogP contribution >= 0.6 is 0 Å². The topological polar surface area (TPSA) is 32.3 Å². The van der Waals surface area contributed by atoms with Crippen LogP contribution in [0.1, 0.15) is 64.7 Å². The fourth-order valence-corrected chi connectivity index (χ4v) is 3.56. The molecule has 0 aromatic carbocycles. The Kier molecular flexibility index (Phi) is 4.26. The largest absolute Gasteiger partial charge is 0.394 e. The highest BCUT2D eigenvalue weighted by molar-refractivity contribution is 4.97. The molecular formula is C14H27NO. The molecule has 0 spiro atoms. The van der Waals surface area contributed by atoms with Gasteiger partial charge in [0.1, 0.15) is 0 Å². The number of hydrogen-bond acceptors (Lipinski definition) is 2. The first kappa shape index (κ1) is 12.4. The van der Waals surface area contributed by atoms with E-state index in [1.54, 1.807) is 0 Å². The van der Waals surface area contributed by atoms with E-state index >= 15 is 0 Å². The molecule has 2 N–H and O–H groups in total. The van der Waals surface area contributed by atoms with Crippen molar-refractivity contribution >= 4 is 0 Å². The molecule has 2 fully saturated rings. The van der Waals surface area contributed by atoms with E-state index in [-0.39, 0.29) is 5.54 Å². The molecule has 2 saturated carbocycles. The van der Waals surface area contributed by atoms with Gasteiger partial charge < -0.3 is 10.4 Å². The Bertz CT molecular complexity index is 213. The zero-order chi connectivity index (χ0) is 11.4. The second-order valence-electron chi connectivity index (χ2n) is 5.94. The average molecular weight is 225 g/mol. The van der Waals surface area contributed by atoms with Crippen molar-refractivity contribution in [3.8, 4) is 0 Å². The van der Waals surface area contributed by atoms with Gasteiger partial charge in [0.15, 0.2) is 0 Å². The normalized spacial score (nSPS) is 37.5. The van der Waals surface area contributed by atoms with Gasteiger partial charge in [-0.1, -0.05) is 39.0 Å². The molecule has 2 aliphatic carbocycles. The molecule has 2 rings (SSSR count). The lowest BCUT2D eigenvalue weighted by molar-refractivity contribution is 0.0582. The van der Waals surface area contributed by atoms with Gasteiger partial charge in [-0.3, -0.25) is 0 Å². The van der Waals surface area contributed by atoms with E-state index in [0.717, 1.165) is 0 Å². The van der Waals surface area contributed by atoms with Crippen molar-refractivity contribution in [2.45, 2.75) is 76.3 Å². The zero-order valence-corrected chi connectivity index (χ0v) is 10.7. The molecule has 0 bridgehead atoms. The van der Waals surface area contributed by atoms with Gasteiger partial charge in [-0.15, -0.1) is 0 Å². The summed E-state index contributed by atoms with van der Waals surface area (Å²) in [7, 11) is 0. The molecule has 0 aromatic rings. The SMILES string of the molecule is CC1CCCCC1(CO)NC1CCCCC1. The van der Waals surface area contributed by atoms with Gasteiger partial charge in [-0.2, -0.15) is 0 Å². The minimum absolute atomic E-state index is 0.0419. The first-order valence-electron chi connectivity index (χ1n) is 7.15. The molecular weight excluding hydrogens is 198 g/mol. The Morgan fingerprint density at radius 1 is 1.06 bits per heavy atom. The van der Waals surface area contributed by atoms with Crippen molar-refractivity contribution in [1.29, 1.82) is 0 Å². The van der Waals surface area contributed by atoms with E-state index in [1.807, 2.05) is 0 Å². The second-order valence-corrected chi connectivity index (χ2v) is 5.94. The number of aliphatic hydroxyl groups is 1. The standard InChI is InChI=1S/C14H27NO/c1-12-7-5-6-10-14(12,11-16)15-13-8-3-2-4-9-13/h12-13,15-16H,2-11H2,1H3. The highest BCUT2D eigenvalue weighted by atomic mass is 16.3. The van der Waals surface area contributed by atoms with Gasteiger partial charge in [0.05, 0.1) is 6.61 Å². The summed E-state index contributed by atoms with van der Waals surface area (Å²) in [5.74, 6) is 0.633. The minimum Gasteiger partial charge on any atom is -0.394 e. The maximum atomic E-state index is 9.78. The van der Waals surface area contributed by atoms with Gasteiger partial charge in [-0.05, 0) is 31.6 Å². The molecule has 2 unspecified atom stereocenters. The van der Waals surface area contributed by atoms with E-state index < -0.39 is 0 Å². The third-order valence-electron chi connectivity index (χ3n) is 4.83. The van der Waals surface area contributed by atoms with Crippen molar-refractivity contribution in [2.75, 3.05) is 6.61 Å². The third kappa shape index (κ3) is 2.60. The molecule has 2 nitrogen and oxygen atoms in total. The van der Waals surface area contributed by atoms with Crippen LogP contribution in [0.25, 0.3) is 0 Å². The lowest BCUT2D eigenvalue weighted by Gasteiger charge is -2.45. The van der Waals surface area contributed by atoms with Crippen molar-refractivity contribution < 1.29 is 5.11 Å². The van der Waals surface area contributed by atoms with Crippen molar-refractivity contribution in [3.05, 3.63) is 0 Å². The van der Waals surface area contributed by atoms with Crippen LogP contribution in [0, 0.1) is 5.92 Å². The summed E-state index contributed by atoms with van der Waals surface area (Å²) in [6, 6.07) is 0.668. The Morgan fingerprint density at radius 2 is 1.75 bits per heavy atom. The van der Waals surface area contributed by atoms with Crippen LogP contribution in [0.3, 0.4) is 0 Å². The summed E-state index contributed by atoms with van der Waals surface area (Å²) in [5, 5.41) is 13.6. The van der Waals surface area contributed by atoms with Crippen LogP contribution in [0.4, 0.5) is 0 Å². The summed E-state index contributed by atoms with van der Waals surface area (Å²) < 4.78 is 0. The molecule has 2 heteroatoms.